The van der Waals surface area contributed by atoms with Crippen LogP contribution in [0, 0.1) is 0 Å². The van der Waals surface area contributed by atoms with Crippen LogP contribution in [-0.4, -0.2) is 11.8 Å². The summed E-state index contributed by atoms with van der Waals surface area (Å²) in [5.41, 5.74) is 24.5. The summed E-state index contributed by atoms with van der Waals surface area (Å²) in [6.07, 6.45) is 0. The molecule has 422 valence electrons. The fourth-order valence-electron chi connectivity index (χ4n) is 13.0. The third kappa shape index (κ3) is 10.4. The van der Waals surface area contributed by atoms with E-state index in [9.17, 15) is 9.59 Å². The number of amides is 2. The molecule has 15 aromatic carbocycles. The van der Waals surface area contributed by atoms with Crippen molar-refractivity contribution in [3.8, 4) is 111 Å². The zero-order valence-electron chi connectivity index (χ0n) is 49.0. The molecule has 0 saturated heterocycles. The van der Waals surface area contributed by atoms with Crippen LogP contribution in [0.2, 0.25) is 0 Å². The first-order valence-electron chi connectivity index (χ1n) is 30.5. The number of rotatable bonds is 1. The normalized spacial score (nSPS) is 12.0. The summed E-state index contributed by atoms with van der Waals surface area (Å²) in [6, 6.07) is 116. The van der Waals surface area contributed by atoms with Gasteiger partial charge in [0.15, 0.2) is 0 Å². The van der Waals surface area contributed by atoms with Crippen LogP contribution in [0.5, 0.6) is 0 Å². The maximum atomic E-state index is 13.6. The monoisotopic (exact) mass is 1150 g/mol. The molecule has 0 unspecified atom stereocenters. The second-order valence-corrected chi connectivity index (χ2v) is 23.3. The van der Waals surface area contributed by atoms with Crippen molar-refractivity contribution in [2.45, 2.75) is 0 Å². The summed E-state index contributed by atoms with van der Waals surface area (Å²) in [5.74, 6) is -0.602. The molecule has 90 heavy (non-hydrogen) atoms. The second-order valence-electron chi connectivity index (χ2n) is 23.3. The van der Waals surface area contributed by atoms with Gasteiger partial charge in [0, 0.05) is 22.5 Å². The molecule has 24 rings (SSSR count). The van der Waals surface area contributed by atoms with Crippen molar-refractivity contribution in [3.63, 3.8) is 0 Å². The van der Waals surface area contributed by atoms with Crippen molar-refractivity contribution in [2.24, 2.45) is 0 Å². The quantitative estimate of drug-likeness (QED) is 0.161. The van der Waals surface area contributed by atoms with Crippen LogP contribution in [0.3, 0.4) is 0 Å². The number of carbonyl (C=O) groups excluding carboxylic acids is 2. The zero-order chi connectivity index (χ0) is 60.1. The first-order chi connectivity index (χ1) is 44.3. The van der Waals surface area contributed by atoms with E-state index < -0.39 is 0 Å². The Morgan fingerprint density at radius 3 is 0.656 bits per heavy atom. The standard InChI is InChI=1S/C86H56N2O2/c89-85-72-15-8-16-73(50-72)86(90)88-78-44-39-60(40-45-78)58-27-31-61(32-28-58)65-9-5-10-66(47-65)63-33-35-64(36-34-63)68-12-7-14-70(49-68)75-51-74(52-76(53-75)71-41-46-83-81-19-2-1-17-79(81)80-18-3-4-20-82(80)84(83)54-71)69-13-6-11-67(48-69)62-29-25-56(26-30-62)55-21-23-57(24-22-55)59-37-42-77(87-85)43-38-59/h1-54H,(H,87,89)(H,88,90). The van der Waals surface area contributed by atoms with Gasteiger partial charge in [0.1, 0.15) is 0 Å². The van der Waals surface area contributed by atoms with Crippen LogP contribution in [-0.2, 0) is 0 Å². The topological polar surface area (TPSA) is 58.2 Å². The second kappa shape index (κ2) is 22.7. The van der Waals surface area contributed by atoms with Gasteiger partial charge in [-0.3, -0.25) is 9.59 Å². The first-order valence-corrected chi connectivity index (χ1v) is 30.5. The summed E-state index contributed by atoms with van der Waals surface area (Å²) < 4.78 is 0. The molecule has 4 nitrogen and oxygen atoms in total. The summed E-state index contributed by atoms with van der Waals surface area (Å²) >= 11 is 0. The molecule has 0 aromatic heterocycles. The molecule has 0 fully saturated rings. The van der Waals surface area contributed by atoms with Crippen LogP contribution in [0.4, 0.5) is 11.4 Å². The predicted molar refractivity (Wildman–Crippen MR) is 376 cm³/mol. The SMILES string of the molecule is O=C1Nc2ccc(cc2)-c2ccc(cc2)-c2ccc(cc2)-c2cccc(c2)-c2cc(cc(-c3ccc4c5ccccc5c5ccccc5c4c3)c2)-c2cccc(c2)-c2ccc(cc2)-c2cccc(c2)-c2ccc(cc2)-c2ccc(cc2)NC(=O)c2cccc1c2. The van der Waals surface area contributed by atoms with Gasteiger partial charge in [-0.1, -0.05) is 243 Å². The highest BCUT2D eigenvalue weighted by molar-refractivity contribution is 6.26. The van der Waals surface area contributed by atoms with Gasteiger partial charge >= 0.3 is 0 Å². The van der Waals surface area contributed by atoms with Crippen molar-refractivity contribution in [2.75, 3.05) is 10.6 Å². The highest BCUT2D eigenvalue weighted by Crippen LogP contribution is 2.41. The molecule has 4 heteroatoms. The lowest BCUT2D eigenvalue weighted by atomic mass is 9.89. The fraction of sp³-hybridized carbons (Fsp3) is 0. The largest absolute Gasteiger partial charge is 0.322 e. The smallest absolute Gasteiger partial charge is 0.255 e. The molecule has 2 N–H and O–H groups in total. The van der Waals surface area contributed by atoms with Gasteiger partial charge in [-0.05, 0) is 229 Å². The Hall–Kier alpha value is -12.0. The van der Waals surface area contributed by atoms with E-state index in [1.165, 1.54) is 37.9 Å². The third-order valence-corrected chi connectivity index (χ3v) is 17.8. The lowest BCUT2D eigenvalue weighted by molar-refractivity contribution is 0.102. The van der Waals surface area contributed by atoms with E-state index in [0.717, 1.165) is 106 Å². The minimum Gasteiger partial charge on any atom is -0.322 e. The van der Waals surface area contributed by atoms with Crippen molar-refractivity contribution in [3.05, 3.63) is 339 Å². The van der Waals surface area contributed by atoms with Crippen LogP contribution in [0.15, 0.2) is 328 Å². The van der Waals surface area contributed by atoms with Crippen LogP contribution >= 0.6 is 0 Å². The predicted octanol–water partition coefficient (Wildman–Crippen LogP) is 22.6. The number of carbonyl (C=O) groups is 2. The Balaban J connectivity index is 0.768. The van der Waals surface area contributed by atoms with Crippen LogP contribution in [0.25, 0.3) is 144 Å². The van der Waals surface area contributed by atoms with Crippen LogP contribution in [0.1, 0.15) is 20.7 Å². The molecule has 0 atom stereocenters. The molecule has 0 radical (unpaired) electrons. The summed E-state index contributed by atoms with van der Waals surface area (Å²) in [6.45, 7) is 0. The maximum absolute atomic E-state index is 13.6. The number of hydrogen-bond acceptors (Lipinski definition) is 2. The number of benzene rings is 15. The molecule has 9 aliphatic rings. The van der Waals surface area contributed by atoms with E-state index in [0.29, 0.717) is 22.5 Å². The van der Waals surface area contributed by atoms with Gasteiger partial charge in [0.05, 0.1) is 0 Å². The van der Waals surface area contributed by atoms with Gasteiger partial charge in [-0.15, -0.1) is 0 Å². The van der Waals surface area contributed by atoms with E-state index in [1.54, 1.807) is 24.3 Å². The average molecular weight is 1150 g/mol. The molecular weight excluding hydrogens is 1090 g/mol. The van der Waals surface area contributed by atoms with Crippen molar-refractivity contribution < 1.29 is 9.59 Å². The maximum Gasteiger partial charge on any atom is 0.255 e. The van der Waals surface area contributed by atoms with Crippen molar-refractivity contribution in [1.82, 2.24) is 0 Å². The van der Waals surface area contributed by atoms with Gasteiger partial charge in [-0.2, -0.15) is 0 Å². The summed E-state index contributed by atoms with van der Waals surface area (Å²) in [5, 5.41) is 13.6. The van der Waals surface area contributed by atoms with E-state index >= 15 is 0 Å². The highest BCUT2D eigenvalue weighted by atomic mass is 16.2. The fourth-order valence-corrected chi connectivity index (χ4v) is 13.0. The average Bonchev–Trinajstić information content (AvgIpc) is 0.807. The van der Waals surface area contributed by atoms with E-state index in [4.69, 9.17) is 0 Å². The Bertz CT molecular complexity index is 5240. The molecule has 9 aliphatic heterocycles. The van der Waals surface area contributed by atoms with Crippen molar-refractivity contribution in [1.29, 1.82) is 0 Å². The molecule has 22 bridgehead atoms. The van der Waals surface area contributed by atoms with E-state index in [2.05, 4.69) is 265 Å². The van der Waals surface area contributed by atoms with Crippen LogP contribution < -0.4 is 10.6 Å². The number of fused-ring (bicyclic) bond motifs is 8. The van der Waals surface area contributed by atoms with E-state index in [1.807, 2.05) is 48.5 Å². The molecule has 2 amide bonds. The summed E-state index contributed by atoms with van der Waals surface area (Å²) in [4.78, 5) is 27.1. The number of hydrogen-bond donors (Lipinski definition) is 2. The number of nitrogens with one attached hydrogen (secondary N) is 2. The zero-order valence-corrected chi connectivity index (χ0v) is 49.0. The molecule has 15 aromatic rings. The van der Waals surface area contributed by atoms with Crippen molar-refractivity contribution >= 4 is 55.5 Å². The minimum atomic E-state index is -0.301. The Labute approximate surface area is 522 Å². The minimum absolute atomic E-state index is 0.301. The Morgan fingerprint density at radius 2 is 0.344 bits per heavy atom. The molecule has 0 aliphatic carbocycles. The molecular formula is C86H56N2O2. The Kier molecular flexibility index (Phi) is 13.5. The molecule has 0 saturated carbocycles. The Morgan fingerprint density at radius 1 is 0.144 bits per heavy atom. The van der Waals surface area contributed by atoms with E-state index in [-0.39, 0.29) is 11.8 Å². The third-order valence-electron chi connectivity index (χ3n) is 17.8. The van der Waals surface area contributed by atoms with Gasteiger partial charge in [-0.25, -0.2) is 0 Å². The van der Waals surface area contributed by atoms with Gasteiger partial charge in [0.25, 0.3) is 11.8 Å². The lowest BCUT2D eigenvalue weighted by Crippen LogP contribution is -2.15. The lowest BCUT2D eigenvalue weighted by Gasteiger charge is -2.15. The molecule has 9 heterocycles. The first kappa shape index (κ1) is 53.5. The molecule has 0 spiro atoms. The van der Waals surface area contributed by atoms with Gasteiger partial charge < -0.3 is 10.6 Å². The van der Waals surface area contributed by atoms with Gasteiger partial charge in [0.2, 0.25) is 0 Å². The number of anilines is 2. The summed E-state index contributed by atoms with van der Waals surface area (Å²) in [7, 11) is 0. The highest BCUT2D eigenvalue weighted by Gasteiger charge is 2.17.